The number of carbonyl (C=O) groups is 1. The Bertz CT molecular complexity index is 887. The van der Waals surface area contributed by atoms with Crippen molar-refractivity contribution in [3.05, 3.63) is 60.2 Å². The summed E-state index contributed by atoms with van der Waals surface area (Å²) in [4.78, 5) is 12.1. The molecule has 0 aliphatic heterocycles. The molecule has 2 aromatic carbocycles. The molecular weight excluding hydrogens is 348 g/mol. The number of benzene rings is 2. The summed E-state index contributed by atoms with van der Waals surface area (Å²) < 4.78 is 32.2. The number of aromatic nitrogens is 2. The summed E-state index contributed by atoms with van der Waals surface area (Å²) >= 11 is 1.03. The minimum absolute atomic E-state index is 0.209. The Kier molecular flexibility index (Phi) is 5.08. The van der Waals surface area contributed by atoms with E-state index in [0.717, 1.165) is 35.5 Å². The predicted octanol–water partition coefficient (Wildman–Crippen LogP) is 4.13. The molecule has 3 aromatic rings. The van der Waals surface area contributed by atoms with E-state index in [2.05, 4.69) is 15.5 Å². The number of hydrogen-bond donors (Lipinski definition) is 1. The highest BCUT2D eigenvalue weighted by Gasteiger charge is 2.20. The van der Waals surface area contributed by atoms with Gasteiger partial charge in [-0.05, 0) is 31.2 Å². The molecule has 0 saturated heterocycles. The number of anilines is 1. The van der Waals surface area contributed by atoms with Gasteiger partial charge in [0, 0.05) is 11.6 Å². The molecule has 0 fully saturated rings. The fourth-order valence-electron chi connectivity index (χ4n) is 1.99. The van der Waals surface area contributed by atoms with E-state index >= 15 is 0 Å². The van der Waals surface area contributed by atoms with Crippen LogP contribution < -0.4 is 5.32 Å². The summed E-state index contributed by atoms with van der Waals surface area (Å²) in [5.41, 5.74) is 0.550. The van der Waals surface area contributed by atoms with E-state index in [1.165, 1.54) is 0 Å². The molecule has 0 radical (unpaired) electrons. The third kappa shape index (κ3) is 4.21. The molecule has 1 aromatic heterocycles. The van der Waals surface area contributed by atoms with Gasteiger partial charge in [0.2, 0.25) is 11.8 Å². The average Bonchev–Trinajstić information content (AvgIpc) is 3.07. The summed E-state index contributed by atoms with van der Waals surface area (Å²) in [6, 6.07) is 12.1. The molecule has 1 atom stereocenters. The van der Waals surface area contributed by atoms with Crippen LogP contribution >= 0.6 is 11.8 Å². The van der Waals surface area contributed by atoms with Gasteiger partial charge in [-0.1, -0.05) is 30.0 Å². The van der Waals surface area contributed by atoms with E-state index in [1.54, 1.807) is 6.92 Å². The van der Waals surface area contributed by atoms with Crippen LogP contribution in [0.15, 0.2) is 58.2 Å². The van der Waals surface area contributed by atoms with E-state index < -0.39 is 22.8 Å². The molecule has 0 aliphatic rings. The third-order valence-corrected chi connectivity index (χ3v) is 4.19. The number of hydrogen-bond acceptors (Lipinski definition) is 5. The Morgan fingerprint density at radius 1 is 1.16 bits per heavy atom. The fraction of sp³-hybridized carbons (Fsp3) is 0.118. The van der Waals surface area contributed by atoms with Crippen LogP contribution in [0.5, 0.6) is 0 Å². The summed E-state index contributed by atoms with van der Waals surface area (Å²) in [5.74, 6) is -1.52. The van der Waals surface area contributed by atoms with Crippen molar-refractivity contribution >= 4 is 23.4 Å². The topological polar surface area (TPSA) is 68.0 Å². The van der Waals surface area contributed by atoms with Crippen LogP contribution in [0.4, 0.5) is 14.5 Å². The number of amides is 1. The molecule has 128 valence electrons. The Balaban J connectivity index is 1.66. The molecule has 1 heterocycles. The molecule has 25 heavy (non-hydrogen) atoms. The van der Waals surface area contributed by atoms with Crippen molar-refractivity contribution in [2.45, 2.75) is 17.4 Å². The van der Waals surface area contributed by atoms with Gasteiger partial charge >= 0.3 is 0 Å². The SMILES string of the molecule is CC(Sc1nnc(-c2ccccc2)o1)C(=O)Nc1cc(F)ccc1F. The van der Waals surface area contributed by atoms with Gasteiger partial charge in [0.25, 0.3) is 5.22 Å². The zero-order chi connectivity index (χ0) is 17.8. The second-order valence-electron chi connectivity index (χ2n) is 5.11. The van der Waals surface area contributed by atoms with Crippen molar-refractivity contribution in [3.8, 4) is 11.5 Å². The zero-order valence-electron chi connectivity index (χ0n) is 13.1. The standard InChI is InChI=1S/C17H13F2N3O2S/c1-10(15(23)20-14-9-12(18)7-8-13(14)19)25-17-22-21-16(24-17)11-5-3-2-4-6-11/h2-10H,1H3,(H,20,23). The van der Waals surface area contributed by atoms with Gasteiger partial charge in [-0.3, -0.25) is 4.79 Å². The number of carbonyl (C=O) groups excluding carboxylic acids is 1. The summed E-state index contributed by atoms with van der Waals surface area (Å²) in [6.07, 6.45) is 0. The first-order valence-corrected chi connectivity index (χ1v) is 8.22. The third-order valence-electron chi connectivity index (χ3n) is 3.26. The quantitative estimate of drug-likeness (QED) is 0.692. The van der Waals surface area contributed by atoms with Gasteiger partial charge in [-0.2, -0.15) is 0 Å². The number of nitrogens with zero attached hydrogens (tertiary/aromatic N) is 2. The summed E-state index contributed by atoms with van der Waals surface area (Å²) in [7, 11) is 0. The number of thioether (sulfide) groups is 1. The molecule has 0 aliphatic carbocycles. The van der Waals surface area contributed by atoms with Crippen molar-refractivity contribution in [1.82, 2.24) is 10.2 Å². The maximum Gasteiger partial charge on any atom is 0.277 e. The highest BCUT2D eigenvalue weighted by molar-refractivity contribution is 8.00. The first-order chi connectivity index (χ1) is 12.0. The van der Waals surface area contributed by atoms with Crippen molar-refractivity contribution in [1.29, 1.82) is 0 Å². The Hall–Kier alpha value is -2.74. The molecule has 0 bridgehead atoms. The van der Waals surface area contributed by atoms with Gasteiger partial charge in [-0.15, -0.1) is 10.2 Å². The number of rotatable bonds is 5. The van der Waals surface area contributed by atoms with E-state index in [9.17, 15) is 13.6 Å². The summed E-state index contributed by atoms with van der Waals surface area (Å²) in [6.45, 7) is 1.60. The van der Waals surface area contributed by atoms with Crippen LogP contribution in [-0.2, 0) is 4.79 Å². The minimum Gasteiger partial charge on any atom is -0.411 e. The Morgan fingerprint density at radius 2 is 1.92 bits per heavy atom. The molecule has 1 amide bonds. The Morgan fingerprint density at radius 3 is 2.68 bits per heavy atom. The highest BCUT2D eigenvalue weighted by Crippen LogP contribution is 2.27. The maximum atomic E-state index is 13.6. The molecule has 8 heteroatoms. The zero-order valence-corrected chi connectivity index (χ0v) is 13.9. The molecule has 5 nitrogen and oxygen atoms in total. The predicted molar refractivity (Wildman–Crippen MR) is 90.0 cm³/mol. The molecule has 3 rings (SSSR count). The van der Waals surface area contributed by atoms with Crippen LogP contribution in [0.3, 0.4) is 0 Å². The highest BCUT2D eigenvalue weighted by atomic mass is 32.2. The molecule has 1 unspecified atom stereocenters. The lowest BCUT2D eigenvalue weighted by atomic mass is 10.2. The molecule has 1 N–H and O–H groups in total. The van der Waals surface area contributed by atoms with E-state index in [0.29, 0.717) is 5.89 Å². The first kappa shape index (κ1) is 17.1. The fourth-order valence-corrected chi connectivity index (χ4v) is 2.67. The van der Waals surface area contributed by atoms with Gasteiger partial charge in [0.15, 0.2) is 0 Å². The summed E-state index contributed by atoms with van der Waals surface area (Å²) in [5, 5.41) is 9.72. The second-order valence-corrected chi connectivity index (χ2v) is 6.40. The maximum absolute atomic E-state index is 13.6. The van der Waals surface area contributed by atoms with Gasteiger partial charge in [0.05, 0.1) is 10.9 Å². The largest absolute Gasteiger partial charge is 0.411 e. The van der Waals surface area contributed by atoms with Crippen molar-refractivity contribution in [2.24, 2.45) is 0 Å². The van der Waals surface area contributed by atoms with Gasteiger partial charge < -0.3 is 9.73 Å². The minimum atomic E-state index is -0.712. The lowest BCUT2D eigenvalue weighted by molar-refractivity contribution is -0.115. The monoisotopic (exact) mass is 361 g/mol. The van der Waals surface area contributed by atoms with Gasteiger partial charge in [-0.25, -0.2) is 8.78 Å². The van der Waals surface area contributed by atoms with E-state index in [4.69, 9.17) is 4.42 Å². The van der Waals surface area contributed by atoms with Crippen molar-refractivity contribution < 1.29 is 18.0 Å². The van der Waals surface area contributed by atoms with Gasteiger partial charge in [0.1, 0.15) is 11.6 Å². The second kappa shape index (κ2) is 7.43. The first-order valence-electron chi connectivity index (χ1n) is 7.34. The lowest BCUT2D eigenvalue weighted by Gasteiger charge is -2.10. The van der Waals surface area contributed by atoms with Crippen LogP contribution in [-0.4, -0.2) is 21.4 Å². The smallest absolute Gasteiger partial charge is 0.277 e. The van der Waals surface area contributed by atoms with Crippen LogP contribution in [0, 0.1) is 11.6 Å². The lowest BCUT2D eigenvalue weighted by Crippen LogP contribution is -2.23. The molecule has 0 spiro atoms. The molecular formula is C17H13F2N3O2S. The van der Waals surface area contributed by atoms with E-state index in [-0.39, 0.29) is 10.9 Å². The molecule has 0 saturated carbocycles. The average molecular weight is 361 g/mol. The number of nitrogens with one attached hydrogen (secondary N) is 1. The normalized spacial score (nSPS) is 12.0. The number of halogens is 2. The van der Waals surface area contributed by atoms with Crippen molar-refractivity contribution in [2.75, 3.05) is 5.32 Å². The van der Waals surface area contributed by atoms with Crippen LogP contribution in [0.1, 0.15) is 6.92 Å². The Labute approximate surface area is 146 Å². The van der Waals surface area contributed by atoms with Crippen molar-refractivity contribution in [3.63, 3.8) is 0 Å². The van der Waals surface area contributed by atoms with Crippen LogP contribution in [0.2, 0.25) is 0 Å². The van der Waals surface area contributed by atoms with Crippen LogP contribution in [0.25, 0.3) is 11.5 Å². The van der Waals surface area contributed by atoms with E-state index in [1.807, 2.05) is 30.3 Å².